The van der Waals surface area contributed by atoms with Gasteiger partial charge in [0.1, 0.15) is 23.4 Å². The summed E-state index contributed by atoms with van der Waals surface area (Å²) in [5.74, 6) is -3.22. The van der Waals surface area contributed by atoms with Gasteiger partial charge in [-0.3, -0.25) is 44.7 Å². The van der Waals surface area contributed by atoms with Crippen molar-refractivity contribution in [2.75, 3.05) is 18.4 Å². The van der Waals surface area contributed by atoms with Crippen LogP contribution in [0, 0.1) is 0 Å². The summed E-state index contributed by atoms with van der Waals surface area (Å²) >= 11 is 4.17. The third kappa shape index (κ3) is 11.6. The van der Waals surface area contributed by atoms with Gasteiger partial charge in [-0.15, -0.1) is 0 Å². The van der Waals surface area contributed by atoms with Crippen LogP contribution in [0.25, 0.3) is 0 Å². The number of rotatable bonds is 16. The number of benzene rings is 1. The monoisotopic (exact) mass is 606 g/mol. The van der Waals surface area contributed by atoms with E-state index < -0.39 is 58.7 Å². The Morgan fingerprint density at radius 1 is 1.05 bits per heavy atom. The highest BCUT2D eigenvalue weighted by molar-refractivity contribution is 7.82. The molecule has 230 valence electrons. The van der Waals surface area contributed by atoms with Crippen LogP contribution < -0.4 is 27.0 Å². The van der Waals surface area contributed by atoms with Crippen LogP contribution >= 0.6 is 12.6 Å². The van der Waals surface area contributed by atoms with Crippen LogP contribution in [0.5, 0.6) is 0 Å². The molecule has 42 heavy (non-hydrogen) atoms. The van der Waals surface area contributed by atoms with Crippen LogP contribution in [0.2, 0.25) is 0 Å². The van der Waals surface area contributed by atoms with Crippen molar-refractivity contribution in [3.8, 4) is 0 Å². The molecular weight excluding hydrogens is 568 g/mol. The predicted octanol–water partition coefficient (Wildman–Crippen LogP) is -0.714. The number of aliphatic hydroxyl groups excluding tert-OH is 1. The summed E-state index contributed by atoms with van der Waals surface area (Å²) in [6, 6.07) is 4.55. The molecule has 3 atom stereocenters. The van der Waals surface area contributed by atoms with Crippen molar-refractivity contribution < 1.29 is 38.6 Å². The number of anilines is 1. The number of ether oxygens (including phenoxy) is 1. The van der Waals surface area contributed by atoms with E-state index in [0.717, 1.165) is 17.1 Å². The maximum Gasteiger partial charge on any atom is 0.321 e. The second-order valence-corrected chi connectivity index (χ2v) is 11.2. The van der Waals surface area contributed by atoms with Gasteiger partial charge in [0, 0.05) is 30.8 Å². The Kier molecular flexibility index (Phi) is 13.1. The minimum absolute atomic E-state index is 0.0286. The van der Waals surface area contributed by atoms with E-state index in [4.69, 9.17) is 10.5 Å². The quantitative estimate of drug-likeness (QED) is 0.0413. The van der Waals surface area contributed by atoms with Gasteiger partial charge >= 0.3 is 5.97 Å². The summed E-state index contributed by atoms with van der Waals surface area (Å²) in [7, 11) is 0. The summed E-state index contributed by atoms with van der Waals surface area (Å²) in [6.45, 7) is 4.83. The van der Waals surface area contributed by atoms with Crippen molar-refractivity contribution >= 4 is 53.8 Å². The minimum Gasteiger partial charge on any atom is -0.460 e. The Balaban J connectivity index is 1.95. The average Bonchev–Trinajstić information content (AvgIpc) is 3.24. The lowest BCUT2D eigenvalue weighted by molar-refractivity contribution is -0.147. The van der Waals surface area contributed by atoms with Gasteiger partial charge in [-0.05, 0) is 57.9 Å². The van der Waals surface area contributed by atoms with Crippen LogP contribution in [0.3, 0.4) is 0 Å². The molecule has 5 amide bonds. The fourth-order valence-electron chi connectivity index (χ4n) is 3.60. The molecule has 0 aliphatic carbocycles. The average molecular weight is 607 g/mol. The van der Waals surface area contributed by atoms with E-state index in [1.807, 2.05) is 0 Å². The molecular formula is C27H38N6O8S. The number of thiol groups is 1. The molecule has 1 unspecified atom stereocenters. The Morgan fingerprint density at radius 3 is 2.24 bits per heavy atom. The maximum absolute atomic E-state index is 13.1. The molecule has 0 radical (unpaired) electrons. The van der Waals surface area contributed by atoms with Gasteiger partial charge in [0.25, 0.3) is 11.8 Å². The number of nitrogens with zero attached hydrogens (tertiary/aromatic N) is 1. The van der Waals surface area contributed by atoms with Gasteiger partial charge in [0.15, 0.2) is 6.35 Å². The van der Waals surface area contributed by atoms with Gasteiger partial charge in [-0.25, -0.2) is 0 Å². The largest absolute Gasteiger partial charge is 0.460 e. The first kappa shape index (κ1) is 34.4. The fraction of sp³-hybridized carbons (Fsp3) is 0.481. The molecule has 1 aromatic carbocycles. The zero-order valence-corrected chi connectivity index (χ0v) is 24.6. The Labute approximate surface area is 249 Å². The van der Waals surface area contributed by atoms with Crippen molar-refractivity contribution in [2.24, 2.45) is 5.73 Å². The van der Waals surface area contributed by atoms with Gasteiger partial charge in [0.05, 0.1) is 0 Å². The van der Waals surface area contributed by atoms with Gasteiger partial charge in [0.2, 0.25) is 17.7 Å². The van der Waals surface area contributed by atoms with Crippen LogP contribution in [-0.2, 0) is 40.1 Å². The normalized spacial score (nSPS) is 15.1. The number of carbonyl (C=O) groups is 6. The molecule has 0 saturated heterocycles. The number of hydrogen-bond donors (Lipinski definition) is 7. The van der Waals surface area contributed by atoms with E-state index in [9.17, 15) is 33.9 Å². The minimum atomic E-state index is -1.24. The van der Waals surface area contributed by atoms with E-state index in [2.05, 4.69) is 33.9 Å². The highest BCUT2D eigenvalue weighted by Gasteiger charge is 2.27. The zero-order valence-electron chi connectivity index (χ0n) is 23.7. The second-order valence-electron chi connectivity index (χ2n) is 10.1. The standard InChI is InChI=1S/C27H38N6O8S/c1-16(30-20(34)12-14-33-21(35)10-11-22(33)36)23(37)32-19(5-4-13-29-26(28)40)24(38)31-18-8-6-17(7-9-18)15-41-25(39)27(2,3)42/h6-11,16,19,26,29,40,42H,4-5,12-15,28H2,1-3H3,(H,30,34)(H,31,38)(H,32,37)/t16-,19-,26?/m0/s1. The molecule has 0 saturated carbocycles. The van der Waals surface area contributed by atoms with E-state index in [1.54, 1.807) is 38.1 Å². The Bertz CT molecular complexity index is 1160. The number of nitrogens with two attached hydrogens (primary N) is 1. The molecule has 1 aliphatic rings. The number of esters is 1. The first-order valence-electron chi connectivity index (χ1n) is 13.3. The summed E-state index contributed by atoms with van der Waals surface area (Å²) in [5, 5.41) is 19.6. The molecule has 7 N–H and O–H groups in total. The lowest BCUT2D eigenvalue weighted by Crippen LogP contribution is -2.52. The Hall–Kier alpha value is -3.79. The lowest BCUT2D eigenvalue weighted by atomic mass is 10.1. The molecule has 1 aromatic rings. The molecule has 14 nitrogen and oxygen atoms in total. The number of imide groups is 1. The van der Waals surface area contributed by atoms with Crippen LogP contribution in [0.1, 0.15) is 45.6 Å². The first-order chi connectivity index (χ1) is 19.7. The molecule has 0 fully saturated rings. The maximum atomic E-state index is 13.1. The molecule has 0 aromatic heterocycles. The fourth-order valence-corrected chi connectivity index (χ4v) is 3.67. The van der Waals surface area contributed by atoms with Crippen molar-refractivity contribution in [1.82, 2.24) is 20.9 Å². The van der Waals surface area contributed by atoms with E-state index in [0.29, 0.717) is 17.7 Å². The molecule has 2 rings (SSSR count). The molecule has 0 bridgehead atoms. The van der Waals surface area contributed by atoms with Gasteiger partial charge < -0.3 is 25.8 Å². The van der Waals surface area contributed by atoms with Crippen molar-refractivity contribution in [1.29, 1.82) is 0 Å². The van der Waals surface area contributed by atoms with E-state index in [1.165, 1.54) is 6.92 Å². The van der Waals surface area contributed by atoms with E-state index >= 15 is 0 Å². The highest BCUT2D eigenvalue weighted by atomic mass is 32.1. The predicted molar refractivity (Wildman–Crippen MR) is 155 cm³/mol. The third-order valence-electron chi connectivity index (χ3n) is 5.98. The summed E-state index contributed by atoms with van der Waals surface area (Å²) < 4.78 is 4.29. The van der Waals surface area contributed by atoms with Crippen LogP contribution in [-0.4, -0.2) is 81.8 Å². The number of hydrogen-bond acceptors (Lipinski definition) is 11. The zero-order chi connectivity index (χ0) is 31.4. The smallest absolute Gasteiger partial charge is 0.321 e. The Morgan fingerprint density at radius 2 is 1.67 bits per heavy atom. The molecule has 1 heterocycles. The van der Waals surface area contributed by atoms with Gasteiger partial charge in [-0.1, -0.05) is 12.1 Å². The molecule has 1 aliphatic heterocycles. The first-order valence-corrected chi connectivity index (χ1v) is 13.7. The third-order valence-corrected chi connectivity index (χ3v) is 6.16. The number of aliphatic hydroxyl groups is 1. The summed E-state index contributed by atoms with van der Waals surface area (Å²) in [6.07, 6.45) is 1.34. The van der Waals surface area contributed by atoms with Crippen molar-refractivity contribution in [3.63, 3.8) is 0 Å². The number of amides is 5. The van der Waals surface area contributed by atoms with Crippen molar-refractivity contribution in [2.45, 2.75) is 69.8 Å². The molecule has 15 heteroatoms. The topological polar surface area (TPSA) is 209 Å². The second kappa shape index (κ2) is 16.0. The van der Waals surface area contributed by atoms with Crippen LogP contribution in [0.4, 0.5) is 5.69 Å². The lowest BCUT2D eigenvalue weighted by Gasteiger charge is -2.22. The molecule has 0 spiro atoms. The summed E-state index contributed by atoms with van der Waals surface area (Å²) in [5.41, 5.74) is 6.39. The highest BCUT2D eigenvalue weighted by Crippen LogP contribution is 2.17. The van der Waals surface area contributed by atoms with E-state index in [-0.39, 0.29) is 32.5 Å². The van der Waals surface area contributed by atoms with Crippen LogP contribution in [0.15, 0.2) is 36.4 Å². The van der Waals surface area contributed by atoms with Gasteiger partial charge in [-0.2, -0.15) is 12.6 Å². The van der Waals surface area contributed by atoms with Crippen molar-refractivity contribution in [3.05, 3.63) is 42.0 Å². The SMILES string of the molecule is C[C@H](NC(=O)CCN1C(=O)C=CC1=O)C(=O)N[C@@H](CCCNC(N)O)C(=O)Nc1ccc(COC(=O)C(C)(C)S)cc1. The summed E-state index contributed by atoms with van der Waals surface area (Å²) in [4.78, 5) is 74.3. The number of nitrogens with one attached hydrogen (secondary N) is 4. The number of carbonyl (C=O) groups excluding carboxylic acids is 6.